The van der Waals surface area contributed by atoms with Crippen molar-refractivity contribution in [1.82, 2.24) is 9.97 Å². The molecule has 144 valence electrons. The molecule has 2 N–H and O–H groups in total. The normalized spacial score (nSPS) is 10.7. The minimum atomic E-state index is -0.965. The lowest BCUT2D eigenvalue weighted by Gasteiger charge is -2.04. The zero-order chi connectivity index (χ0) is 20.4. The first-order valence-corrected chi connectivity index (χ1v) is 10.1. The molecule has 0 amide bonds. The van der Waals surface area contributed by atoms with Crippen molar-refractivity contribution in [1.29, 1.82) is 0 Å². The molecule has 8 heteroatoms. The van der Waals surface area contributed by atoms with Gasteiger partial charge in [-0.05, 0) is 54.1 Å². The van der Waals surface area contributed by atoms with Crippen molar-refractivity contribution in [2.75, 3.05) is 5.32 Å². The molecule has 0 saturated carbocycles. The van der Waals surface area contributed by atoms with Gasteiger partial charge in [-0.25, -0.2) is 9.78 Å². The second-order valence-corrected chi connectivity index (χ2v) is 7.88. The zero-order valence-corrected chi connectivity index (χ0v) is 17.1. The number of carbonyl (C=O) groups is 1. The van der Waals surface area contributed by atoms with Crippen molar-refractivity contribution in [3.63, 3.8) is 0 Å². The fraction of sp³-hybridized carbons (Fsp3) is 0. The van der Waals surface area contributed by atoms with Crippen LogP contribution in [-0.4, -0.2) is 21.0 Å². The highest BCUT2D eigenvalue weighted by Gasteiger charge is 2.16. The summed E-state index contributed by atoms with van der Waals surface area (Å²) in [5.41, 5.74) is 3.56. The third-order valence-corrected chi connectivity index (χ3v) is 5.90. The van der Waals surface area contributed by atoms with Gasteiger partial charge in [-0.3, -0.25) is 4.98 Å². The SMILES string of the molecule is O=C(O)c1ccc(Nc2nc(-c3ccc(Cl)c(Cl)c3)c(-c3ccncc3)s2)cc1. The summed E-state index contributed by atoms with van der Waals surface area (Å²) in [6, 6.07) is 15.7. The number of nitrogens with one attached hydrogen (secondary N) is 1. The number of halogens is 2. The van der Waals surface area contributed by atoms with Crippen LogP contribution in [0.2, 0.25) is 10.0 Å². The summed E-state index contributed by atoms with van der Waals surface area (Å²) in [6.07, 6.45) is 3.46. The lowest BCUT2D eigenvalue weighted by atomic mass is 10.1. The molecule has 29 heavy (non-hydrogen) atoms. The Bertz CT molecular complexity index is 1180. The number of thiazole rings is 1. The fourth-order valence-electron chi connectivity index (χ4n) is 2.73. The summed E-state index contributed by atoms with van der Waals surface area (Å²) in [6.45, 7) is 0. The molecule has 0 aliphatic carbocycles. The third kappa shape index (κ3) is 4.24. The van der Waals surface area contributed by atoms with Gasteiger partial charge >= 0.3 is 5.97 Å². The molecule has 0 atom stereocenters. The lowest BCUT2D eigenvalue weighted by Crippen LogP contribution is -1.96. The average molecular weight is 442 g/mol. The van der Waals surface area contributed by atoms with E-state index in [1.807, 2.05) is 18.2 Å². The second kappa shape index (κ2) is 8.21. The third-order valence-electron chi connectivity index (χ3n) is 4.15. The first-order chi connectivity index (χ1) is 14.0. The number of carboxylic acid groups (broad SMARTS) is 1. The van der Waals surface area contributed by atoms with Crippen molar-refractivity contribution in [3.05, 3.63) is 82.6 Å². The van der Waals surface area contributed by atoms with E-state index in [9.17, 15) is 4.79 Å². The van der Waals surface area contributed by atoms with Crippen LogP contribution in [0, 0.1) is 0 Å². The van der Waals surface area contributed by atoms with E-state index in [4.69, 9.17) is 33.3 Å². The summed E-state index contributed by atoms with van der Waals surface area (Å²) < 4.78 is 0. The van der Waals surface area contributed by atoms with Gasteiger partial charge in [0.05, 0.1) is 26.2 Å². The van der Waals surface area contributed by atoms with Gasteiger partial charge in [0, 0.05) is 23.6 Å². The van der Waals surface area contributed by atoms with E-state index in [1.54, 1.807) is 48.8 Å². The molecule has 0 spiro atoms. The van der Waals surface area contributed by atoms with E-state index in [-0.39, 0.29) is 5.56 Å². The van der Waals surface area contributed by atoms with E-state index >= 15 is 0 Å². The molecule has 0 aliphatic rings. The van der Waals surface area contributed by atoms with Crippen LogP contribution in [0.4, 0.5) is 10.8 Å². The number of carboxylic acids is 1. The molecule has 0 unspecified atom stereocenters. The average Bonchev–Trinajstić information content (AvgIpc) is 3.15. The van der Waals surface area contributed by atoms with Gasteiger partial charge in [-0.15, -0.1) is 0 Å². The minimum Gasteiger partial charge on any atom is -0.478 e. The highest BCUT2D eigenvalue weighted by molar-refractivity contribution is 7.19. The molecule has 0 bridgehead atoms. The number of aromatic carboxylic acids is 1. The van der Waals surface area contributed by atoms with Crippen LogP contribution in [0.15, 0.2) is 67.0 Å². The lowest BCUT2D eigenvalue weighted by molar-refractivity contribution is 0.0697. The summed E-state index contributed by atoms with van der Waals surface area (Å²) in [7, 11) is 0. The molecule has 2 aromatic heterocycles. The molecule has 2 heterocycles. The van der Waals surface area contributed by atoms with Crippen LogP contribution in [0.5, 0.6) is 0 Å². The molecule has 0 saturated heterocycles. The Morgan fingerprint density at radius 2 is 1.66 bits per heavy atom. The summed E-state index contributed by atoms with van der Waals surface area (Å²) in [5.74, 6) is -0.965. The van der Waals surface area contributed by atoms with Gasteiger partial charge in [0.1, 0.15) is 0 Å². The molecular weight excluding hydrogens is 429 g/mol. The molecule has 0 aliphatic heterocycles. The number of pyridine rings is 1. The van der Waals surface area contributed by atoms with Crippen molar-refractivity contribution in [2.45, 2.75) is 0 Å². The van der Waals surface area contributed by atoms with Crippen molar-refractivity contribution in [2.24, 2.45) is 0 Å². The van der Waals surface area contributed by atoms with E-state index in [0.29, 0.717) is 15.2 Å². The maximum Gasteiger partial charge on any atom is 0.335 e. The number of hydrogen-bond acceptors (Lipinski definition) is 5. The van der Waals surface area contributed by atoms with E-state index in [2.05, 4.69) is 10.3 Å². The number of anilines is 2. The number of rotatable bonds is 5. The van der Waals surface area contributed by atoms with Crippen LogP contribution in [0.3, 0.4) is 0 Å². The monoisotopic (exact) mass is 441 g/mol. The van der Waals surface area contributed by atoms with Gasteiger partial charge in [0.25, 0.3) is 0 Å². The number of nitrogens with zero attached hydrogens (tertiary/aromatic N) is 2. The maximum absolute atomic E-state index is 11.0. The van der Waals surface area contributed by atoms with Gasteiger partial charge < -0.3 is 10.4 Å². The van der Waals surface area contributed by atoms with Gasteiger partial charge in [-0.1, -0.05) is 40.6 Å². The molecular formula is C21H13Cl2N3O2S. The smallest absolute Gasteiger partial charge is 0.335 e. The van der Waals surface area contributed by atoms with E-state index in [0.717, 1.165) is 27.4 Å². The maximum atomic E-state index is 11.0. The molecule has 2 aromatic carbocycles. The molecule has 4 aromatic rings. The topological polar surface area (TPSA) is 75.1 Å². The number of benzene rings is 2. The molecule has 4 rings (SSSR count). The Labute approximate surface area is 180 Å². The van der Waals surface area contributed by atoms with E-state index in [1.165, 1.54) is 11.3 Å². The number of aromatic nitrogens is 2. The summed E-state index contributed by atoms with van der Waals surface area (Å²) in [4.78, 5) is 20.8. The van der Waals surface area contributed by atoms with Gasteiger partial charge in [0.2, 0.25) is 0 Å². The molecule has 0 fully saturated rings. The van der Waals surface area contributed by atoms with Crippen LogP contribution in [0.25, 0.3) is 21.7 Å². The quantitative estimate of drug-likeness (QED) is 0.363. The molecule has 0 radical (unpaired) electrons. The Hall–Kier alpha value is -2.93. The van der Waals surface area contributed by atoms with Crippen molar-refractivity contribution < 1.29 is 9.90 Å². The van der Waals surface area contributed by atoms with E-state index < -0.39 is 5.97 Å². The predicted molar refractivity (Wildman–Crippen MR) is 117 cm³/mol. The summed E-state index contributed by atoms with van der Waals surface area (Å²) in [5, 5.41) is 13.9. The number of hydrogen-bond donors (Lipinski definition) is 2. The predicted octanol–water partition coefficient (Wildman–Crippen LogP) is 6.62. The first kappa shape index (κ1) is 19.4. The van der Waals surface area contributed by atoms with Crippen LogP contribution >= 0.6 is 34.5 Å². The van der Waals surface area contributed by atoms with Gasteiger partial charge in [-0.2, -0.15) is 0 Å². The Kier molecular flexibility index (Phi) is 5.49. The van der Waals surface area contributed by atoms with Crippen LogP contribution in [-0.2, 0) is 0 Å². The standard InChI is InChI=1S/C21H13Cl2N3O2S/c22-16-6-3-14(11-17(16)23)18-19(12-7-9-24-10-8-12)29-21(26-18)25-15-4-1-13(2-5-15)20(27)28/h1-11H,(H,25,26)(H,27,28). The summed E-state index contributed by atoms with van der Waals surface area (Å²) >= 11 is 13.7. The minimum absolute atomic E-state index is 0.226. The fourth-order valence-corrected chi connectivity index (χ4v) is 4.04. The highest BCUT2D eigenvalue weighted by Crippen LogP contribution is 2.41. The Morgan fingerprint density at radius 1 is 0.931 bits per heavy atom. The Balaban J connectivity index is 1.75. The van der Waals surface area contributed by atoms with Crippen LogP contribution < -0.4 is 5.32 Å². The van der Waals surface area contributed by atoms with Gasteiger partial charge in [0.15, 0.2) is 5.13 Å². The highest BCUT2D eigenvalue weighted by atomic mass is 35.5. The van der Waals surface area contributed by atoms with Crippen LogP contribution in [0.1, 0.15) is 10.4 Å². The van der Waals surface area contributed by atoms with Crippen molar-refractivity contribution >= 4 is 51.3 Å². The molecule has 5 nitrogen and oxygen atoms in total. The first-order valence-electron chi connectivity index (χ1n) is 8.48. The van der Waals surface area contributed by atoms with Crippen molar-refractivity contribution in [3.8, 4) is 21.7 Å². The second-order valence-electron chi connectivity index (χ2n) is 6.07. The Morgan fingerprint density at radius 3 is 2.31 bits per heavy atom. The largest absolute Gasteiger partial charge is 0.478 e. The zero-order valence-electron chi connectivity index (χ0n) is 14.8.